The van der Waals surface area contributed by atoms with E-state index in [4.69, 9.17) is 24.9 Å². The first-order valence-electron chi connectivity index (χ1n) is 33.3. The number of halogens is 3. The van der Waals surface area contributed by atoms with E-state index in [1.165, 1.54) is 56.5 Å². The van der Waals surface area contributed by atoms with Crippen LogP contribution in [-0.2, 0) is 16.0 Å². The maximum atomic E-state index is 12.8. The second kappa shape index (κ2) is 30.6. The van der Waals surface area contributed by atoms with Gasteiger partial charge in [-0.2, -0.15) is 23.5 Å². The second-order valence-electron chi connectivity index (χ2n) is 27.3. The van der Waals surface area contributed by atoms with Crippen LogP contribution in [0.1, 0.15) is 182 Å². The lowest BCUT2D eigenvalue weighted by Gasteiger charge is -2.34. The van der Waals surface area contributed by atoms with E-state index in [9.17, 15) is 28.2 Å². The first kappa shape index (κ1) is 70.2. The van der Waals surface area contributed by atoms with Crippen LogP contribution in [0.15, 0.2) is 85.8 Å². The molecule has 6 N–H and O–H groups in total. The number of nitrogens with zero attached hydrogens (tertiary/aromatic N) is 14. The van der Waals surface area contributed by atoms with Crippen LogP contribution in [0.3, 0.4) is 0 Å². The Morgan fingerprint density at radius 3 is 1.58 bits per heavy atom. The van der Waals surface area contributed by atoms with Gasteiger partial charge >= 0.3 is 6.18 Å². The predicted molar refractivity (Wildman–Crippen MR) is 363 cm³/mol. The number of ether oxygens (including phenoxy) is 2. The Morgan fingerprint density at radius 1 is 0.656 bits per heavy atom. The summed E-state index contributed by atoms with van der Waals surface area (Å²) in [5, 5.41) is 59.8. The van der Waals surface area contributed by atoms with E-state index >= 15 is 0 Å². The number of nitrogens with one attached hydrogen (secondary N) is 4. The number of amides is 1. The molecule has 3 saturated carbocycles. The molecule has 0 saturated heterocycles. The van der Waals surface area contributed by atoms with Crippen LogP contribution in [0.4, 0.5) is 31.0 Å². The van der Waals surface area contributed by atoms with E-state index in [1.807, 2.05) is 62.3 Å². The molecule has 0 spiro atoms. The van der Waals surface area contributed by atoms with Gasteiger partial charge in [0.25, 0.3) is 5.91 Å². The Kier molecular flexibility index (Phi) is 22.4. The fourth-order valence-electron chi connectivity index (χ4n) is 13.4. The zero-order valence-corrected chi connectivity index (χ0v) is 56.7. The van der Waals surface area contributed by atoms with E-state index in [2.05, 4.69) is 112 Å². The number of fused-ring (bicyclic) bond motifs is 3. The molecule has 0 unspecified atom stereocenters. The lowest BCUT2D eigenvalue weighted by molar-refractivity contribution is -0.136. The topological polar surface area (TPSA) is 282 Å². The monoisotopic (exact) mass is 1320 g/mol. The number of rotatable bonds is 20. The summed E-state index contributed by atoms with van der Waals surface area (Å²) < 4.78 is 56.4. The molecule has 9 aromatic heterocycles. The van der Waals surface area contributed by atoms with Gasteiger partial charge in [-0.25, -0.2) is 28.5 Å². The number of carbonyl (C=O) groups is 1. The molecule has 0 aliphatic heterocycles. The van der Waals surface area contributed by atoms with E-state index in [1.54, 1.807) is 47.9 Å². The van der Waals surface area contributed by atoms with Crippen LogP contribution in [0.5, 0.6) is 0 Å². The lowest BCUT2D eigenvalue weighted by Crippen LogP contribution is -2.30. The number of methoxy groups -OCH3 is 2. The van der Waals surface area contributed by atoms with Crippen molar-refractivity contribution in [2.24, 2.45) is 5.41 Å². The molecule has 96 heavy (non-hydrogen) atoms. The smallest absolute Gasteiger partial charge is 0.391 e. The highest BCUT2D eigenvalue weighted by Crippen LogP contribution is 2.45. The van der Waals surface area contributed by atoms with Gasteiger partial charge < -0.3 is 41.0 Å². The van der Waals surface area contributed by atoms with Crippen molar-refractivity contribution in [2.75, 3.05) is 50.4 Å². The van der Waals surface area contributed by atoms with Gasteiger partial charge in [0.2, 0.25) is 17.8 Å². The van der Waals surface area contributed by atoms with Crippen molar-refractivity contribution in [3.8, 4) is 39.4 Å². The fourth-order valence-corrected chi connectivity index (χ4v) is 13.4. The first-order valence-corrected chi connectivity index (χ1v) is 33.3. The molecule has 9 heterocycles. The molecule has 23 nitrogen and oxygen atoms in total. The number of carbonyl (C=O) groups excluding carboxylic acids is 1. The van der Waals surface area contributed by atoms with Crippen molar-refractivity contribution in [1.82, 2.24) is 68.9 Å². The number of alkyl halides is 3. The van der Waals surface area contributed by atoms with Gasteiger partial charge in [-0.1, -0.05) is 13.8 Å². The van der Waals surface area contributed by atoms with Crippen molar-refractivity contribution in [1.29, 1.82) is 5.26 Å². The summed E-state index contributed by atoms with van der Waals surface area (Å²) in [6.07, 6.45) is 18.5. The molecule has 0 radical (unpaired) electrons. The summed E-state index contributed by atoms with van der Waals surface area (Å²) >= 11 is 0. The predicted octanol–water partition coefficient (Wildman–Crippen LogP) is 12.5. The Balaban J connectivity index is 0.000000157. The molecule has 9 aromatic rings. The zero-order chi connectivity index (χ0) is 68.5. The minimum absolute atomic E-state index is 0.0825. The number of aliphatic hydroxyl groups is 2. The Hall–Kier alpha value is -8.64. The number of nitriles is 1. The number of pyridine rings is 2. The largest absolute Gasteiger partial charge is 0.393 e. The minimum Gasteiger partial charge on any atom is -0.393 e. The Morgan fingerprint density at radius 2 is 1.11 bits per heavy atom. The zero-order valence-electron chi connectivity index (χ0n) is 56.7. The van der Waals surface area contributed by atoms with Crippen LogP contribution in [0.25, 0.3) is 49.9 Å². The third-order valence-electron chi connectivity index (χ3n) is 18.6. The molecule has 3 fully saturated rings. The van der Waals surface area contributed by atoms with E-state index in [-0.39, 0.29) is 41.7 Å². The highest BCUT2D eigenvalue weighted by Gasteiger charge is 2.34. The van der Waals surface area contributed by atoms with Gasteiger partial charge in [-0.15, -0.1) is 15.3 Å². The average molecular weight is 1320 g/mol. The number of aromatic nitrogens is 13. The quantitative estimate of drug-likeness (QED) is 0.0413. The third kappa shape index (κ3) is 17.5. The third-order valence-corrected chi connectivity index (χ3v) is 18.6. The summed E-state index contributed by atoms with van der Waals surface area (Å²) in [6.45, 7) is 16.0. The van der Waals surface area contributed by atoms with Gasteiger partial charge in [0.05, 0.1) is 91.7 Å². The molecular weight excluding hydrogens is 1230 g/mol. The molecule has 512 valence electrons. The highest BCUT2D eigenvalue weighted by molar-refractivity contribution is 5.94. The van der Waals surface area contributed by atoms with Crippen molar-refractivity contribution < 1.29 is 37.7 Å². The summed E-state index contributed by atoms with van der Waals surface area (Å²) in [7, 11) is 4.91. The molecular formula is C70H91F3N18O5. The van der Waals surface area contributed by atoms with E-state index in [0.717, 1.165) is 88.9 Å². The molecule has 3 atom stereocenters. The SMILES string of the molecule is CNC(=O)c1cc(-c2cc(C3CCC(O)CC3)n3nc(N[C@@H](C)CC(F)(F)F)ncc23)ccn1.COC[C@H](C)Nc1ncc2c(-c3ccnc(C)c3)cc(C3CCC(C)(C)CC3)n2n1.COC[C@H](C)Nc1ncc2c(-c3cnn(CCC#N)c3)cc(C3CCC(C)(O)CC3)n2n1. The first-order chi connectivity index (χ1) is 45.9. The van der Waals surface area contributed by atoms with Gasteiger partial charge in [-0.05, 0) is 171 Å². The molecule has 26 heteroatoms. The molecule has 3 aliphatic rings. The number of hydrogen-bond acceptors (Lipinski definition) is 18. The number of aryl methyl sites for hydroxylation is 2. The van der Waals surface area contributed by atoms with E-state index < -0.39 is 24.2 Å². The van der Waals surface area contributed by atoms with Crippen LogP contribution in [-0.4, -0.2) is 150 Å². The van der Waals surface area contributed by atoms with Crippen molar-refractivity contribution in [3.63, 3.8) is 0 Å². The summed E-state index contributed by atoms with van der Waals surface area (Å²) in [5.74, 6) is 1.93. The summed E-state index contributed by atoms with van der Waals surface area (Å²) in [6, 6.07) is 15.7. The van der Waals surface area contributed by atoms with Gasteiger partial charge in [-0.3, -0.25) is 19.4 Å². The normalized spacial score (nSPS) is 19.9. The van der Waals surface area contributed by atoms with Crippen LogP contribution in [0.2, 0.25) is 0 Å². The molecule has 3 aliphatic carbocycles. The fraction of sp³-hybridized carbons (Fsp3) is 0.529. The standard InChI is InChI=1S/C24H33N5O.C23H27F3N6O2.C23H31N7O2/c1-16-12-19(8-11-25-16)20-13-21(18-6-9-24(3,4)10-7-18)29-22(20)14-26-23(28-29)27-17(2)15-30-5;1-13(11-23(24,25)26)30-22-29-12-20-17(15-7-8-28-18(9-15)21(34)27-2)10-19(32(20)31-22)14-3-5-16(33)6-4-14;1-16(15-32-3)27-22-25-13-21-19(18-12-26-29(14-18)10-4-9-24)11-20(30(21)28-22)17-5-7-23(2,31)8-6-17/h8,11-14,17-18H,6-7,9-10,15H2,1-5H3,(H,27,28);7-10,12-14,16,33H,3-6,11H2,1-2H3,(H,27,34)(H,30,31);11-14,16-17,31H,4-8,10,15H2,1-3H3,(H,27,28)/t17-;13-,14?,16?;16-,17?,23?/m000/s1. The van der Waals surface area contributed by atoms with Gasteiger partial charge in [0.15, 0.2) is 0 Å². The highest BCUT2D eigenvalue weighted by atomic mass is 19.4. The van der Waals surface area contributed by atoms with Crippen molar-refractivity contribution in [2.45, 2.75) is 199 Å². The van der Waals surface area contributed by atoms with Crippen LogP contribution in [0, 0.1) is 23.7 Å². The molecule has 1 amide bonds. The summed E-state index contributed by atoms with van der Waals surface area (Å²) in [4.78, 5) is 34.0. The second-order valence-corrected chi connectivity index (χ2v) is 27.3. The van der Waals surface area contributed by atoms with Crippen LogP contribution < -0.4 is 21.3 Å². The number of anilines is 3. The maximum absolute atomic E-state index is 12.8. The minimum atomic E-state index is -4.30. The molecule has 0 aromatic carbocycles. The number of aliphatic hydroxyl groups excluding tert-OH is 1. The molecule has 12 rings (SSSR count). The van der Waals surface area contributed by atoms with Crippen molar-refractivity contribution in [3.05, 3.63) is 114 Å². The average Bonchev–Trinajstić information content (AvgIpc) is 1.63. The number of hydrogen-bond donors (Lipinski definition) is 6. The van der Waals surface area contributed by atoms with Crippen LogP contribution >= 0.6 is 0 Å². The molecule has 0 bridgehead atoms. The van der Waals surface area contributed by atoms with Crippen molar-refractivity contribution >= 4 is 40.3 Å². The Bertz CT molecular complexity index is 4130. The lowest BCUT2D eigenvalue weighted by atomic mass is 9.72. The van der Waals surface area contributed by atoms with Gasteiger partial charge in [0.1, 0.15) is 5.69 Å². The summed E-state index contributed by atoms with van der Waals surface area (Å²) in [5.41, 5.74) is 13.0. The maximum Gasteiger partial charge on any atom is 0.391 e. The van der Waals surface area contributed by atoms with Gasteiger partial charge in [0, 0.05) is 121 Å². The Labute approximate surface area is 558 Å². The van der Waals surface area contributed by atoms with E-state index in [0.29, 0.717) is 73.7 Å².